The lowest BCUT2D eigenvalue weighted by atomic mass is 9.98. The van der Waals surface area contributed by atoms with Crippen molar-refractivity contribution in [1.82, 2.24) is 14.9 Å². The topological polar surface area (TPSA) is 146 Å². The number of alkyl halides is 2. The first-order chi connectivity index (χ1) is 22.5. The highest BCUT2D eigenvalue weighted by atomic mass is 19.3. The number of hydrogen-bond acceptors (Lipinski definition) is 8. The summed E-state index contributed by atoms with van der Waals surface area (Å²) < 4.78 is 40.2. The number of hydrogen-bond donors (Lipinski definition) is 2. The number of nitrogens with one attached hydrogen (secondary N) is 2. The van der Waals surface area contributed by atoms with Gasteiger partial charge in [-0.3, -0.25) is 24.3 Å². The number of amides is 2. The van der Waals surface area contributed by atoms with Crippen molar-refractivity contribution in [1.29, 1.82) is 0 Å². The van der Waals surface area contributed by atoms with Gasteiger partial charge in [0.25, 0.3) is 5.56 Å². The summed E-state index contributed by atoms with van der Waals surface area (Å²) in [5.41, 5.74) is 1.21. The molecule has 0 aliphatic heterocycles. The van der Waals surface area contributed by atoms with Gasteiger partial charge in [-0.25, -0.2) is 14.6 Å². The third kappa shape index (κ3) is 8.93. The van der Waals surface area contributed by atoms with E-state index in [-0.39, 0.29) is 31.1 Å². The van der Waals surface area contributed by atoms with Crippen LogP contribution in [0.4, 0.5) is 19.3 Å². The summed E-state index contributed by atoms with van der Waals surface area (Å²) in [6.45, 7) is 1.86. The van der Waals surface area contributed by atoms with E-state index in [9.17, 15) is 32.8 Å². The van der Waals surface area contributed by atoms with Gasteiger partial charge in [0.1, 0.15) is 24.7 Å². The standard InChI is InChI=1S/C34H32F2N4O7/c1-3-46-32(44)34(35,36)29(42)26(18-23-12-6-4-7-13-23)38-28(41)20-40-30(25-16-10-11-22(2)17-25)37-19-27(31(40)43)39-33(45)47-21-24-14-8-5-9-15-24/h4-17,19,26H,3,18,20-21H2,1-2H3,(H,38,41)(H,39,45)/t26-/m0/s1. The van der Waals surface area contributed by atoms with Crippen molar-refractivity contribution in [3.63, 3.8) is 0 Å². The molecule has 2 amide bonds. The summed E-state index contributed by atoms with van der Waals surface area (Å²) in [7, 11) is 0. The Morgan fingerprint density at radius 3 is 2.21 bits per heavy atom. The third-order valence-corrected chi connectivity index (χ3v) is 6.85. The van der Waals surface area contributed by atoms with Crippen molar-refractivity contribution in [2.45, 2.75) is 45.4 Å². The molecule has 0 fully saturated rings. The number of carbonyl (C=O) groups is 4. The Labute approximate surface area is 268 Å². The van der Waals surface area contributed by atoms with Crippen LogP contribution < -0.4 is 16.2 Å². The second-order valence-electron chi connectivity index (χ2n) is 10.4. The maximum atomic E-state index is 14.9. The normalized spacial score (nSPS) is 11.7. The molecule has 0 saturated carbocycles. The molecule has 13 heteroatoms. The SMILES string of the molecule is CCOC(=O)C(F)(F)C(=O)[C@H](Cc1ccccc1)NC(=O)Cn1c(-c2cccc(C)c2)ncc(NC(=O)OCc2ccccc2)c1=O. The number of aryl methyl sites for hydroxylation is 1. The highest BCUT2D eigenvalue weighted by molar-refractivity contribution is 6.08. The van der Waals surface area contributed by atoms with Crippen LogP contribution in [0.25, 0.3) is 11.4 Å². The fraction of sp³-hybridized carbons (Fsp3) is 0.235. The minimum atomic E-state index is -4.56. The van der Waals surface area contributed by atoms with E-state index < -0.39 is 47.8 Å². The molecule has 11 nitrogen and oxygen atoms in total. The van der Waals surface area contributed by atoms with Crippen molar-refractivity contribution >= 4 is 29.4 Å². The van der Waals surface area contributed by atoms with Gasteiger partial charge in [-0.2, -0.15) is 8.78 Å². The largest absolute Gasteiger partial charge is 0.461 e. The van der Waals surface area contributed by atoms with Crippen LogP contribution in [0.3, 0.4) is 0 Å². The van der Waals surface area contributed by atoms with Gasteiger partial charge in [-0.05, 0) is 31.0 Å². The molecule has 1 aromatic heterocycles. The minimum Gasteiger partial charge on any atom is -0.461 e. The molecule has 47 heavy (non-hydrogen) atoms. The molecule has 2 N–H and O–H groups in total. The van der Waals surface area contributed by atoms with Gasteiger partial charge >= 0.3 is 18.0 Å². The number of aromatic nitrogens is 2. The number of nitrogens with zero attached hydrogens (tertiary/aromatic N) is 2. The first-order valence-corrected chi connectivity index (χ1v) is 14.6. The van der Waals surface area contributed by atoms with Crippen LogP contribution in [0.15, 0.2) is 95.9 Å². The summed E-state index contributed by atoms with van der Waals surface area (Å²) in [5.74, 6) is -9.47. The van der Waals surface area contributed by atoms with E-state index in [0.29, 0.717) is 16.7 Å². The smallest absolute Gasteiger partial charge is 0.412 e. The predicted molar refractivity (Wildman–Crippen MR) is 168 cm³/mol. The van der Waals surface area contributed by atoms with Crippen molar-refractivity contribution in [2.75, 3.05) is 11.9 Å². The van der Waals surface area contributed by atoms with Crippen molar-refractivity contribution < 1.29 is 37.4 Å². The fourth-order valence-corrected chi connectivity index (χ4v) is 4.59. The van der Waals surface area contributed by atoms with Crippen molar-refractivity contribution in [3.8, 4) is 11.4 Å². The summed E-state index contributed by atoms with van der Waals surface area (Å²) in [6, 6.07) is 21.9. The molecule has 0 aliphatic carbocycles. The maximum Gasteiger partial charge on any atom is 0.412 e. The van der Waals surface area contributed by atoms with Gasteiger partial charge < -0.3 is 14.8 Å². The van der Waals surface area contributed by atoms with E-state index >= 15 is 0 Å². The van der Waals surface area contributed by atoms with Gasteiger partial charge in [-0.1, -0.05) is 84.4 Å². The molecule has 4 rings (SSSR count). The molecule has 1 atom stereocenters. The Balaban J connectivity index is 1.63. The second-order valence-corrected chi connectivity index (χ2v) is 10.4. The minimum absolute atomic E-state index is 0.0276. The molecule has 1 heterocycles. The van der Waals surface area contributed by atoms with Crippen LogP contribution in [0.2, 0.25) is 0 Å². The molecule has 3 aromatic carbocycles. The number of halogens is 2. The number of benzene rings is 3. The summed E-state index contributed by atoms with van der Waals surface area (Å²) in [5, 5.41) is 4.58. The fourth-order valence-electron chi connectivity index (χ4n) is 4.59. The zero-order valence-electron chi connectivity index (χ0n) is 25.6. The van der Waals surface area contributed by atoms with E-state index in [4.69, 9.17) is 4.74 Å². The molecular weight excluding hydrogens is 614 g/mol. The second kappa shape index (κ2) is 15.5. The zero-order valence-corrected chi connectivity index (χ0v) is 25.6. The average Bonchev–Trinajstić information content (AvgIpc) is 3.06. The molecular formula is C34H32F2N4O7. The number of rotatable bonds is 13. The lowest BCUT2D eigenvalue weighted by Gasteiger charge is -2.23. The number of esters is 1. The molecule has 0 unspecified atom stereocenters. The molecule has 0 spiro atoms. The van der Waals surface area contributed by atoms with Gasteiger partial charge in [0.15, 0.2) is 0 Å². The highest BCUT2D eigenvalue weighted by Gasteiger charge is 2.52. The monoisotopic (exact) mass is 646 g/mol. The van der Waals surface area contributed by atoms with Crippen LogP contribution >= 0.6 is 0 Å². The zero-order chi connectivity index (χ0) is 34.0. The first kappa shape index (κ1) is 34.2. The van der Waals surface area contributed by atoms with Crippen molar-refractivity contribution in [2.24, 2.45) is 0 Å². The highest BCUT2D eigenvalue weighted by Crippen LogP contribution is 2.22. The Morgan fingerprint density at radius 2 is 1.57 bits per heavy atom. The lowest BCUT2D eigenvalue weighted by molar-refractivity contribution is -0.177. The van der Waals surface area contributed by atoms with Gasteiger partial charge in [0.05, 0.1) is 18.8 Å². The van der Waals surface area contributed by atoms with Gasteiger partial charge in [0, 0.05) is 12.0 Å². The number of ketones is 1. The van der Waals surface area contributed by atoms with E-state index in [0.717, 1.165) is 16.3 Å². The van der Waals surface area contributed by atoms with E-state index in [1.54, 1.807) is 91.9 Å². The summed E-state index contributed by atoms with van der Waals surface area (Å²) in [6.07, 6.45) is -0.228. The molecule has 0 bridgehead atoms. The number of Topliss-reactive ketones (excluding diaryl/α,β-unsaturated/α-hetero) is 1. The van der Waals surface area contributed by atoms with Crippen LogP contribution in [-0.2, 0) is 43.4 Å². The Morgan fingerprint density at radius 1 is 0.915 bits per heavy atom. The Hall–Kier alpha value is -5.72. The van der Waals surface area contributed by atoms with Crippen LogP contribution in [0, 0.1) is 6.92 Å². The quantitative estimate of drug-likeness (QED) is 0.160. The average molecular weight is 647 g/mol. The van der Waals surface area contributed by atoms with Gasteiger partial charge in [0.2, 0.25) is 11.7 Å². The Kier molecular flexibility index (Phi) is 11.3. The van der Waals surface area contributed by atoms with Gasteiger partial charge in [-0.15, -0.1) is 0 Å². The maximum absolute atomic E-state index is 14.9. The van der Waals surface area contributed by atoms with Crippen LogP contribution in [-0.4, -0.2) is 51.9 Å². The van der Waals surface area contributed by atoms with Crippen LogP contribution in [0.5, 0.6) is 0 Å². The number of anilines is 1. The van der Waals surface area contributed by atoms with E-state index in [2.05, 4.69) is 20.4 Å². The Bertz CT molecular complexity index is 1800. The first-order valence-electron chi connectivity index (χ1n) is 14.6. The number of carbonyl (C=O) groups excluding carboxylic acids is 4. The molecule has 0 aliphatic rings. The van der Waals surface area contributed by atoms with Crippen LogP contribution in [0.1, 0.15) is 23.6 Å². The molecule has 244 valence electrons. The third-order valence-electron chi connectivity index (χ3n) is 6.85. The van der Waals surface area contributed by atoms with Crippen molar-refractivity contribution in [3.05, 3.63) is 118 Å². The molecule has 0 saturated heterocycles. The van der Waals surface area contributed by atoms with E-state index in [1.165, 1.54) is 6.92 Å². The molecule has 4 aromatic rings. The summed E-state index contributed by atoms with van der Waals surface area (Å²) in [4.78, 5) is 68.9. The number of ether oxygens (including phenoxy) is 2. The summed E-state index contributed by atoms with van der Waals surface area (Å²) >= 11 is 0. The lowest BCUT2D eigenvalue weighted by Crippen LogP contribution is -2.53. The van der Waals surface area contributed by atoms with E-state index in [1.807, 2.05) is 0 Å². The predicted octanol–water partition coefficient (Wildman–Crippen LogP) is 4.46. The molecule has 0 radical (unpaired) electrons.